The van der Waals surface area contributed by atoms with Gasteiger partial charge in [-0.05, 0) is 41.8 Å². The van der Waals surface area contributed by atoms with Crippen LogP contribution in [0.1, 0.15) is 27.0 Å². The molecule has 0 saturated heterocycles. The zero-order valence-corrected chi connectivity index (χ0v) is 10.9. The second kappa shape index (κ2) is 6.01. The van der Waals surface area contributed by atoms with Crippen molar-refractivity contribution in [3.8, 4) is 5.75 Å². The van der Waals surface area contributed by atoms with Crippen LogP contribution in [0.4, 0.5) is 0 Å². The first kappa shape index (κ1) is 13.1. The molecule has 0 bridgehead atoms. The summed E-state index contributed by atoms with van der Waals surface area (Å²) in [6.07, 6.45) is 2.66. The third kappa shape index (κ3) is 3.10. The summed E-state index contributed by atoms with van der Waals surface area (Å²) in [5.41, 5.74) is 3.79. The van der Waals surface area contributed by atoms with E-state index < -0.39 is 0 Å². The number of benzene rings is 2. The Kier molecular flexibility index (Phi) is 4.14. The molecule has 0 aliphatic heterocycles. The van der Waals surface area contributed by atoms with Gasteiger partial charge in [0.25, 0.3) is 0 Å². The molecule has 2 rings (SSSR count). The van der Waals surface area contributed by atoms with Crippen LogP contribution in [0, 0.1) is 6.92 Å². The van der Waals surface area contributed by atoms with Crippen molar-refractivity contribution in [2.45, 2.75) is 13.5 Å². The molecule has 2 nitrogen and oxygen atoms in total. The summed E-state index contributed by atoms with van der Waals surface area (Å²) in [6, 6.07) is 13.4. The monoisotopic (exact) mass is 252 g/mol. The average Bonchev–Trinajstić information content (AvgIpc) is 2.46. The molecule has 2 aromatic carbocycles. The quantitative estimate of drug-likeness (QED) is 0.751. The number of rotatable bonds is 5. The molecule has 0 saturated carbocycles. The number of hydrogen-bond acceptors (Lipinski definition) is 2. The van der Waals surface area contributed by atoms with E-state index in [1.165, 1.54) is 0 Å². The highest BCUT2D eigenvalue weighted by atomic mass is 16.5. The minimum Gasteiger partial charge on any atom is -0.489 e. The Labute approximate surface area is 113 Å². The lowest BCUT2D eigenvalue weighted by Crippen LogP contribution is -1.99. The van der Waals surface area contributed by atoms with Crippen molar-refractivity contribution >= 4 is 12.4 Å². The zero-order chi connectivity index (χ0) is 13.7. The van der Waals surface area contributed by atoms with Gasteiger partial charge in [0.05, 0.1) is 0 Å². The van der Waals surface area contributed by atoms with Crippen molar-refractivity contribution in [2.24, 2.45) is 0 Å². The number of aryl methyl sites for hydroxylation is 1. The fourth-order valence-corrected chi connectivity index (χ4v) is 1.93. The Morgan fingerprint density at radius 2 is 2.00 bits per heavy atom. The lowest BCUT2D eigenvalue weighted by atomic mass is 10.1. The van der Waals surface area contributed by atoms with E-state index in [1.807, 2.05) is 49.4 Å². The largest absolute Gasteiger partial charge is 0.489 e. The Morgan fingerprint density at radius 3 is 2.68 bits per heavy atom. The fraction of sp³-hybridized carbons (Fsp3) is 0.118. The molecule has 0 amide bonds. The Bertz CT molecular complexity index is 600. The number of carbonyl (C=O) groups excluding carboxylic acids is 1. The standard InChI is InChI=1S/C17H16O2/c1-3-15-6-4-5-7-16(15)12-19-17-9-8-14(11-18)10-13(17)2/h3-11H,1,12H2,2H3. The first-order valence-corrected chi connectivity index (χ1v) is 6.13. The molecule has 0 aromatic heterocycles. The van der Waals surface area contributed by atoms with Crippen molar-refractivity contribution < 1.29 is 9.53 Å². The number of ether oxygens (including phenoxy) is 1. The van der Waals surface area contributed by atoms with Crippen LogP contribution in [-0.4, -0.2) is 6.29 Å². The van der Waals surface area contributed by atoms with Crippen LogP contribution in [0.2, 0.25) is 0 Å². The highest BCUT2D eigenvalue weighted by Crippen LogP contribution is 2.21. The minimum atomic E-state index is 0.490. The van der Waals surface area contributed by atoms with Crippen molar-refractivity contribution in [3.63, 3.8) is 0 Å². The molecule has 0 aliphatic rings. The Hall–Kier alpha value is -2.35. The van der Waals surface area contributed by atoms with Crippen LogP contribution < -0.4 is 4.74 Å². The maximum Gasteiger partial charge on any atom is 0.150 e. The van der Waals surface area contributed by atoms with Gasteiger partial charge in [-0.1, -0.05) is 36.9 Å². The second-order valence-corrected chi connectivity index (χ2v) is 4.33. The predicted molar refractivity (Wildman–Crippen MR) is 77.4 cm³/mol. The molecule has 0 fully saturated rings. The molecule has 0 unspecified atom stereocenters. The summed E-state index contributed by atoms with van der Waals surface area (Å²) in [4.78, 5) is 10.7. The van der Waals surface area contributed by atoms with E-state index in [9.17, 15) is 4.79 Å². The summed E-state index contributed by atoms with van der Waals surface area (Å²) in [5, 5.41) is 0. The molecule has 96 valence electrons. The van der Waals surface area contributed by atoms with Gasteiger partial charge in [-0.15, -0.1) is 0 Å². The minimum absolute atomic E-state index is 0.490. The molecular weight excluding hydrogens is 236 g/mol. The van der Waals surface area contributed by atoms with Gasteiger partial charge < -0.3 is 4.74 Å². The molecule has 2 aromatic rings. The van der Waals surface area contributed by atoms with E-state index in [0.717, 1.165) is 28.7 Å². The highest BCUT2D eigenvalue weighted by molar-refractivity contribution is 5.75. The van der Waals surface area contributed by atoms with Crippen molar-refractivity contribution in [1.29, 1.82) is 0 Å². The summed E-state index contributed by atoms with van der Waals surface area (Å²) >= 11 is 0. The lowest BCUT2D eigenvalue weighted by molar-refractivity contribution is 0.112. The number of carbonyl (C=O) groups is 1. The third-order valence-electron chi connectivity index (χ3n) is 2.99. The van der Waals surface area contributed by atoms with E-state index in [2.05, 4.69) is 6.58 Å². The number of aldehydes is 1. The third-order valence-corrected chi connectivity index (χ3v) is 2.99. The topological polar surface area (TPSA) is 26.3 Å². The van der Waals surface area contributed by atoms with Gasteiger partial charge in [0.1, 0.15) is 18.6 Å². The molecule has 0 atom stereocenters. The summed E-state index contributed by atoms with van der Waals surface area (Å²) in [7, 11) is 0. The molecule has 0 aliphatic carbocycles. The molecule has 0 heterocycles. The van der Waals surface area contributed by atoms with Gasteiger partial charge in [-0.2, -0.15) is 0 Å². The van der Waals surface area contributed by atoms with Crippen LogP contribution in [0.25, 0.3) is 6.08 Å². The van der Waals surface area contributed by atoms with Gasteiger partial charge in [-0.3, -0.25) is 4.79 Å². The molecule has 19 heavy (non-hydrogen) atoms. The van der Waals surface area contributed by atoms with E-state index in [1.54, 1.807) is 6.07 Å². The molecule has 0 radical (unpaired) electrons. The first-order chi connectivity index (χ1) is 9.24. The van der Waals surface area contributed by atoms with E-state index in [4.69, 9.17) is 4.74 Å². The van der Waals surface area contributed by atoms with E-state index in [0.29, 0.717) is 12.2 Å². The smallest absolute Gasteiger partial charge is 0.150 e. The molecule has 2 heteroatoms. The van der Waals surface area contributed by atoms with Crippen LogP contribution in [0.15, 0.2) is 49.0 Å². The molecule has 0 spiro atoms. The predicted octanol–water partition coefficient (Wildman–Crippen LogP) is 4.03. The number of hydrogen-bond donors (Lipinski definition) is 0. The normalized spacial score (nSPS) is 9.95. The molecule has 0 N–H and O–H groups in total. The fourth-order valence-electron chi connectivity index (χ4n) is 1.93. The van der Waals surface area contributed by atoms with Gasteiger partial charge in [0.15, 0.2) is 0 Å². The van der Waals surface area contributed by atoms with Crippen molar-refractivity contribution in [2.75, 3.05) is 0 Å². The van der Waals surface area contributed by atoms with Gasteiger partial charge in [-0.25, -0.2) is 0 Å². The van der Waals surface area contributed by atoms with Crippen LogP contribution >= 0.6 is 0 Å². The van der Waals surface area contributed by atoms with Crippen LogP contribution in [0.3, 0.4) is 0 Å². The van der Waals surface area contributed by atoms with Gasteiger partial charge in [0, 0.05) is 5.56 Å². The maximum absolute atomic E-state index is 10.7. The average molecular weight is 252 g/mol. The lowest BCUT2D eigenvalue weighted by Gasteiger charge is -2.11. The van der Waals surface area contributed by atoms with Gasteiger partial charge in [0.2, 0.25) is 0 Å². The van der Waals surface area contributed by atoms with Crippen LogP contribution in [-0.2, 0) is 6.61 Å². The van der Waals surface area contributed by atoms with E-state index in [-0.39, 0.29) is 0 Å². The second-order valence-electron chi connectivity index (χ2n) is 4.33. The summed E-state index contributed by atoms with van der Waals surface area (Å²) in [5.74, 6) is 0.796. The maximum atomic E-state index is 10.7. The van der Waals surface area contributed by atoms with Crippen molar-refractivity contribution in [3.05, 3.63) is 71.3 Å². The summed E-state index contributed by atoms with van der Waals surface area (Å²) < 4.78 is 5.80. The zero-order valence-electron chi connectivity index (χ0n) is 10.9. The first-order valence-electron chi connectivity index (χ1n) is 6.13. The van der Waals surface area contributed by atoms with Crippen molar-refractivity contribution in [1.82, 2.24) is 0 Å². The Morgan fingerprint density at radius 1 is 1.21 bits per heavy atom. The van der Waals surface area contributed by atoms with Crippen LogP contribution in [0.5, 0.6) is 5.75 Å². The molecular formula is C17H16O2. The van der Waals surface area contributed by atoms with Gasteiger partial charge >= 0.3 is 0 Å². The summed E-state index contributed by atoms with van der Waals surface area (Å²) in [6.45, 7) is 6.21. The van der Waals surface area contributed by atoms with E-state index >= 15 is 0 Å². The highest BCUT2D eigenvalue weighted by Gasteiger charge is 2.03. The SMILES string of the molecule is C=Cc1ccccc1COc1ccc(C=O)cc1C. The Balaban J connectivity index is 2.14.